The van der Waals surface area contributed by atoms with Crippen molar-refractivity contribution < 1.29 is 29.3 Å². The number of allylic oxidation sites excluding steroid dienone is 2. The normalized spacial score (nSPS) is 46.2. The van der Waals surface area contributed by atoms with Crippen molar-refractivity contribution in [3.63, 3.8) is 0 Å². The number of hydrogen-bond acceptors (Lipinski definition) is 6. The van der Waals surface area contributed by atoms with Gasteiger partial charge in [-0.3, -0.25) is 14.4 Å². The first-order chi connectivity index (χ1) is 12.1. The highest BCUT2D eigenvalue weighted by atomic mass is 16.6. The third-order valence-electron chi connectivity index (χ3n) is 7.66. The Kier molecular flexibility index (Phi) is 4.53. The fraction of sp³-hybridized carbons (Fsp3) is 0.750. The van der Waals surface area contributed by atoms with Crippen LogP contribution >= 0.6 is 0 Å². The fourth-order valence-corrected chi connectivity index (χ4v) is 5.40. The molecule has 6 heteroatoms. The number of aldehydes is 1. The molecule has 0 spiro atoms. The molecule has 6 nitrogen and oxygen atoms in total. The van der Waals surface area contributed by atoms with Crippen LogP contribution in [0.5, 0.6) is 0 Å². The lowest BCUT2D eigenvalue weighted by molar-refractivity contribution is -0.169. The predicted octanol–water partition coefficient (Wildman–Crippen LogP) is 1.22. The molecule has 0 aromatic carbocycles. The number of ketones is 2. The Bertz CT molecular complexity index is 678. The summed E-state index contributed by atoms with van der Waals surface area (Å²) in [6.07, 6.45) is 1.76. The Hall–Kier alpha value is -1.37. The number of hydrogen-bond donors (Lipinski definition) is 2. The average Bonchev–Trinajstić information content (AvgIpc) is 3.42. The smallest absolute Gasteiger partial charge is 0.231 e. The number of aliphatic hydroxyl groups excluding tert-OH is 2. The van der Waals surface area contributed by atoms with E-state index in [0.717, 1.165) is 18.4 Å². The van der Waals surface area contributed by atoms with Gasteiger partial charge in [0.1, 0.15) is 6.10 Å². The second-order valence-electron chi connectivity index (χ2n) is 8.70. The van der Waals surface area contributed by atoms with Gasteiger partial charge in [-0.1, -0.05) is 25.5 Å². The van der Waals surface area contributed by atoms with E-state index in [1.807, 2.05) is 27.7 Å². The Morgan fingerprint density at radius 1 is 1.46 bits per heavy atom. The molecule has 0 aromatic heterocycles. The van der Waals surface area contributed by atoms with Crippen molar-refractivity contribution in [1.29, 1.82) is 0 Å². The second-order valence-corrected chi connectivity index (χ2v) is 8.70. The van der Waals surface area contributed by atoms with Crippen LogP contribution in [0.1, 0.15) is 47.0 Å². The zero-order valence-corrected chi connectivity index (χ0v) is 15.8. The highest BCUT2D eigenvalue weighted by Crippen LogP contribution is 2.61. The fourth-order valence-electron chi connectivity index (χ4n) is 5.40. The molecule has 1 aliphatic heterocycles. The van der Waals surface area contributed by atoms with Crippen molar-refractivity contribution >= 4 is 17.9 Å². The van der Waals surface area contributed by atoms with Crippen molar-refractivity contribution in [2.75, 3.05) is 6.61 Å². The Morgan fingerprint density at radius 3 is 2.62 bits per heavy atom. The van der Waals surface area contributed by atoms with Crippen LogP contribution in [0.25, 0.3) is 0 Å². The Morgan fingerprint density at radius 2 is 2.08 bits per heavy atom. The van der Waals surface area contributed by atoms with Crippen molar-refractivity contribution in [1.82, 2.24) is 0 Å². The van der Waals surface area contributed by atoms with Crippen molar-refractivity contribution in [2.24, 2.45) is 22.7 Å². The molecule has 3 aliphatic rings. The van der Waals surface area contributed by atoms with Gasteiger partial charge in [0.05, 0.1) is 18.1 Å². The maximum absolute atomic E-state index is 13.0. The quantitative estimate of drug-likeness (QED) is 0.329. The SMILES string of the molecule is CC1=CCCC2C1(C)C(=O)C(O)C(C)C2(C)CC(O)C1(C(=O)C=O)CO1. The summed E-state index contributed by atoms with van der Waals surface area (Å²) in [6, 6.07) is 0. The first-order valence-electron chi connectivity index (χ1n) is 9.27. The van der Waals surface area contributed by atoms with Crippen molar-refractivity contribution in [3.8, 4) is 0 Å². The molecule has 26 heavy (non-hydrogen) atoms. The molecular formula is C20H28O6. The van der Waals surface area contributed by atoms with E-state index >= 15 is 0 Å². The van der Waals surface area contributed by atoms with Crippen LogP contribution in [0, 0.1) is 22.7 Å². The number of carbonyl (C=O) groups is 3. The molecule has 0 bridgehead atoms. The maximum atomic E-state index is 13.0. The lowest BCUT2D eigenvalue weighted by atomic mass is 9.45. The van der Waals surface area contributed by atoms with Crippen LogP contribution in [0.4, 0.5) is 0 Å². The summed E-state index contributed by atoms with van der Waals surface area (Å²) in [4.78, 5) is 35.8. The molecule has 0 radical (unpaired) electrons. The van der Waals surface area contributed by atoms with E-state index in [4.69, 9.17) is 4.74 Å². The van der Waals surface area contributed by atoms with E-state index in [0.29, 0.717) is 0 Å². The molecule has 2 aliphatic carbocycles. The number of fused-ring (bicyclic) bond motifs is 1. The Labute approximate surface area is 153 Å². The van der Waals surface area contributed by atoms with Crippen LogP contribution in [0.3, 0.4) is 0 Å². The number of rotatable bonds is 5. The van der Waals surface area contributed by atoms with Gasteiger partial charge < -0.3 is 14.9 Å². The number of epoxide rings is 1. The molecule has 0 amide bonds. The molecule has 1 saturated heterocycles. The molecule has 7 atom stereocenters. The molecule has 1 heterocycles. The first-order valence-corrected chi connectivity index (χ1v) is 9.27. The van der Waals surface area contributed by atoms with Gasteiger partial charge in [0.25, 0.3) is 0 Å². The molecule has 2 N–H and O–H groups in total. The summed E-state index contributed by atoms with van der Waals surface area (Å²) >= 11 is 0. The van der Waals surface area contributed by atoms with Crippen LogP contribution in [0.2, 0.25) is 0 Å². The molecule has 2 fully saturated rings. The van der Waals surface area contributed by atoms with Gasteiger partial charge in [-0.25, -0.2) is 0 Å². The Balaban J connectivity index is 1.99. The summed E-state index contributed by atoms with van der Waals surface area (Å²) in [7, 11) is 0. The van der Waals surface area contributed by atoms with E-state index in [1.165, 1.54) is 0 Å². The summed E-state index contributed by atoms with van der Waals surface area (Å²) in [5, 5.41) is 21.5. The van der Waals surface area contributed by atoms with Gasteiger partial charge in [-0.15, -0.1) is 0 Å². The molecular weight excluding hydrogens is 336 g/mol. The lowest BCUT2D eigenvalue weighted by Crippen LogP contribution is -2.62. The topological polar surface area (TPSA) is 104 Å². The zero-order chi connectivity index (χ0) is 19.5. The second kappa shape index (κ2) is 6.08. The van der Waals surface area contributed by atoms with Gasteiger partial charge in [0.2, 0.25) is 5.78 Å². The summed E-state index contributed by atoms with van der Waals surface area (Å²) in [5.41, 5.74) is -1.87. The minimum atomic E-state index is -1.45. The van der Waals surface area contributed by atoms with E-state index in [1.54, 1.807) is 0 Å². The van der Waals surface area contributed by atoms with Crippen LogP contribution in [-0.2, 0) is 19.1 Å². The largest absolute Gasteiger partial charge is 0.389 e. The van der Waals surface area contributed by atoms with E-state index < -0.39 is 34.4 Å². The van der Waals surface area contributed by atoms with Crippen molar-refractivity contribution in [3.05, 3.63) is 11.6 Å². The third-order valence-corrected chi connectivity index (χ3v) is 7.66. The molecule has 3 rings (SSSR count). The van der Waals surface area contributed by atoms with E-state index in [-0.39, 0.29) is 36.9 Å². The average molecular weight is 364 g/mol. The highest BCUT2D eigenvalue weighted by Gasteiger charge is 2.65. The minimum Gasteiger partial charge on any atom is -0.389 e. The van der Waals surface area contributed by atoms with Crippen molar-refractivity contribution in [2.45, 2.75) is 64.8 Å². The molecule has 144 valence electrons. The number of carbonyl (C=O) groups excluding carboxylic acids is 3. The van der Waals surface area contributed by atoms with Crippen LogP contribution < -0.4 is 0 Å². The first kappa shape index (κ1) is 19.4. The number of Topliss-reactive ketones (excluding diaryl/α,β-unsaturated/α-hetero) is 2. The molecule has 7 unspecified atom stereocenters. The van der Waals surface area contributed by atoms with Crippen LogP contribution in [0.15, 0.2) is 11.6 Å². The van der Waals surface area contributed by atoms with Gasteiger partial charge in [0, 0.05) is 0 Å². The molecule has 1 saturated carbocycles. The summed E-state index contributed by atoms with van der Waals surface area (Å²) in [6.45, 7) is 7.62. The minimum absolute atomic E-state index is 0.0263. The lowest BCUT2D eigenvalue weighted by Gasteiger charge is -2.58. The maximum Gasteiger partial charge on any atom is 0.231 e. The van der Waals surface area contributed by atoms with Gasteiger partial charge in [-0.05, 0) is 50.4 Å². The molecule has 0 aromatic rings. The van der Waals surface area contributed by atoms with Gasteiger partial charge >= 0.3 is 0 Å². The number of ether oxygens (including phenoxy) is 1. The van der Waals surface area contributed by atoms with E-state index in [2.05, 4.69) is 6.08 Å². The summed E-state index contributed by atoms with van der Waals surface area (Å²) < 4.78 is 5.19. The highest BCUT2D eigenvalue weighted by molar-refractivity contribution is 6.30. The predicted molar refractivity (Wildman–Crippen MR) is 93.3 cm³/mol. The number of aliphatic hydroxyl groups is 2. The van der Waals surface area contributed by atoms with Gasteiger partial charge in [0.15, 0.2) is 17.7 Å². The van der Waals surface area contributed by atoms with Gasteiger partial charge in [-0.2, -0.15) is 0 Å². The zero-order valence-electron chi connectivity index (χ0n) is 15.8. The van der Waals surface area contributed by atoms with Crippen LogP contribution in [-0.4, -0.2) is 52.5 Å². The standard InChI is InChI=1S/C20H28O6/c1-11-6-5-7-13-18(3,12(2)16(24)17(25)19(11,13)4)8-14(22)20(10-26-20)15(23)9-21/h6,9,12-14,16,22,24H,5,7-8,10H2,1-4H3. The third kappa shape index (κ3) is 2.38. The monoisotopic (exact) mass is 364 g/mol. The van der Waals surface area contributed by atoms with E-state index in [9.17, 15) is 24.6 Å². The summed E-state index contributed by atoms with van der Waals surface area (Å²) in [5.74, 6) is -1.37.